The second-order valence-corrected chi connectivity index (χ2v) is 13.1. The molecule has 0 saturated heterocycles. The molecule has 0 spiro atoms. The van der Waals surface area contributed by atoms with E-state index in [0.717, 1.165) is 22.1 Å². The lowest BCUT2D eigenvalue weighted by Crippen LogP contribution is -2.41. The zero-order valence-corrected chi connectivity index (χ0v) is 25.8. The first kappa shape index (κ1) is 32.1. The molecule has 1 heterocycles. The van der Waals surface area contributed by atoms with Crippen LogP contribution in [-0.4, -0.2) is 34.5 Å². The molecule has 8 nitrogen and oxygen atoms in total. The lowest BCUT2D eigenvalue weighted by molar-refractivity contribution is -0.142. The van der Waals surface area contributed by atoms with Gasteiger partial charge in [0.2, 0.25) is 5.91 Å². The Hall–Kier alpha value is -3.86. The third-order valence-electron chi connectivity index (χ3n) is 6.59. The minimum Gasteiger partial charge on any atom is -0.598 e. The van der Waals surface area contributed by atoms with Crippen molar-refractivity contribution in [3.8, 4) is 16.9 Å². The highest BCUT2D eigenvalue weighted by atomic mass is 32.2. The van der Waals surface area contributed by atoms with Crippen molar-refractivity contribution in [1.29, 1.82) is 0 Å². The van der Waals surface area contributed by atoms with Gasteiger partial charge in [0.15, 0.2) is 0 Å². The highest BCUT2D eigenvalue weighted by Crippen LogP contribution is 2.34. The summed E-state index contributed by atoms with van der Waals surface area (Å²) in [6, 6.07) is 17.6. The molecule has 3 aromatic carbocycles. The van der Waals surface area contributed by atoms with Gasteiger partial charge in [0.05, 0.1) is 19.3 Å². The number of anilines is 1. The molecular weight excluding hydrogens is 571 g/mol. The highest BCUT2D eigenvalue weighted by Gasteiger charge is 2.30. The Bertz CT molecular complexity index is 1580. The van der Waals surface area contributed by atoms with Gasteiger partial charge in [-0.3, -0.25) is 9.59 Å². The largest absolute Gasteiger partial charge is 0.598 e. The van der Waals surface area contributed by atoms with Crippen molar-refractivity contribution in [2.75, 3.05) is 18.6 Å². The van der Waals surface area contributed by atoms with Crippen LogP contribution in [0.4, 0.5) is 10.1 Å². The SMILES string of the molecule is CCOC(=O)Cc1ccc(NC(C)=O)cc1OCc1cc(-c2cccc([C@H](CF)N[S@+]([O-])C(C)(C)C)c2)c2occc2c1. The summed E-state index contributed by atoms with van der Waals surface area (Å²) in [5.74, 6) is -0.163. The monoisotopic (exact) mass is 608 g/mol. The second kappa shape index (κ2) is 14.1. The fourth-order valence-electron chi connectivity index (χ4n) is 4.50. The number of benzene rings is 3. The predicted molar refractivity (Wildman–Crippen MR) is 167 cm³/mol. The van der Waals surface area contributed by atoms with Crippen LogP contribution < -0.4 is 14.8 Å². The van der Waals surface area contributed by atoms with Crippen molar-refractivity contribution in [3.63, 3.8) is 0 Å². The normalized spacial score (nSPS) is 13.0. The Morgan fingerprint density at radius 3 is 2.58 bits per heavy atom. The Kier molecular flexibility index (Phi) is 10.5. The average molecular weight is 609 g/mol. The Balaban J connectivity index is 1.65. The lowest BCUT2D eigenvalue weighted by atomic mass is 9.97. The number of esters is 1. The number of fused-ring (bicyclic) bond motifs is 1. The number of furan rings is 1. The number of halogens is 1. The molecule has 228 valence electrons. The summed E-state index contributed by atoms with van der Waals surface area (Å²) in [6.07, 6.45) is 1.63. The first-order valence-corrected chi connectivity index (χ1v) is 15.2. The van der Waals surface area contributed by atoms with Crippen molar-refractivity contribution >= 4 is 39.9 Å². The van der Waals surface area contributed by atoms with Crippen molar-refractivity contribution in [2.24, 2.45) is 0 Å². The first-order chi connectivity index (χ1) is 20.5. The number of hydrogen-bond donors (Lipinski definition) is 2. The van der Waals surface area contributed by atoms with Crippen molar-refractivity contribution in [3.05, 3.63) is 83.6 Å². The number of carbonyl (C=O) groups is 2. The lowest BCUT2D eigenvalue weighted by Gasteiger charge is -2.27. The van der Waals surface area contributed by atoms with Gasteiger partial charge in [-0.15, -0.1) is 4.72 Å². The van der Waals surface area contributed by atoms with Gasteiger partial charge in [-0.05, 0) is 74.7 Å². The molecule has 2 N–H and O–H groups in total. The van der Waals surface area contributed by atoms with Crippen molar-refractivity contribution in [1.82, 2.24) is 4.72 Å². The van der Waals surface area contributed by atoms with E-state index in [1.807, 2.05) is 57.2 Å². The van der Waals surface area contributed by atoms with Crippen LogP contribution in [0, 0.1) is 0 Å². The number of carbonyl (C=O) groups excluding carboxylic acids is 2. The Morgan fingerprint density at radius 1 is 1.09 bits per heavy atom. The van der Waals surface area contributed by atoms with Crippen LogP contribution in [0.15, 0.2) is 71.3 Å². The standard InChI is InChI=1S/C33H37FN2O6S/c1-6-40-31(38)17-25-10-11-27(35-21(2)37)18-30(25)42-20-22-14-26-12-13-41-32(26)28(15-22)23-8-7-9-24(16-23)29(19-34)36-43(39)33(3,4)5/h7-16,18,29,36H,6,17,19-20H2,1-5H3,(H,35,37)/t29-,43+/m0/s1. The molecule has 1 aromatic heterocycles. The molecule has 2 atom stereocenters. The highest BCUT2D eigenvalue weighted by molar-refractivity contribution is 7.90. The topological polar surface area (TPSA) is 113 Å². The van der Waals surface area contributed by atoms with Gasteiger partial charge in [0.1, 0.15) is 35.4 Å². The van der Waals surface area contributed by atoms with Gasteiger partial charge < -0.3 is 23.8 Å². The quantitative estimate of drug-likeness (QED) is 0.134. The molecule has 0 saturated carbocycles. The number of alkyl halides is 1. The van der Waals surface area contributed by atoms with Crippen LogP contribution in [0.1, 0.15) is 57.4 Å². The van der Waals surface area contributed by atoms with Crippen LogP contribution in [0.25, 0.3) is 22.1 Å². The number of rotatable bonds is 12. The van der Waals surface area contributed by atoms with E-state index in [9.17, 15) is 18.5 Å². The number of nitrogens with one attached hydrogen (secondary N) is 2. The van der Waals surface area contributed by atoms with E-state index in [4.69, 9.17) is 13.9 Å². The maximum absolute atomic E-state index is 14.1. The number of ether oxygens (including phenoxy) is 2. The van der Waals surface area contributed by atoms with Crippen LogP contribution >= 0.6 is 0 Å². The van der Waals surface area contributed by atoms with Crippen LogP contribution in [0.5, 0.6) is 5.75 Å². The van der Waals surface area contributed by atoms with Crippen LogP contribution in [0.2, 0.25) is 0 Å². The third-order valence-corrected chi connectivity index (χ3v) is 8.20. The van der Waals surface area contributed by atoms with E-state index in [0.29, 0.717) is 28.1 Å². The van der Waals surface area contributed by atoms with Crippen molar-refractivity contribution in [2.45, 2.75) is 58.4 Å². The zero-order valence-electron chi connectivity index (χ0n) is 25.0. The molecule has 0 fully saturated rings. The summed E-state index contributed by atoms with van der Waals surface area (Å²) in [6.45, 7) is 8.36. The molecule has 10 heteroatoms. The summed E-state index contributed by atoms with van der Waals surface area (Å²) < 4.78 is 46.3. The maximum Gasteiger partial charge on any atom is 0.310 e. The summed E-state index contributed by atoms with van der Waals surface area (Å²) in [5, 5.41) is 3.60. The Morgan fingerprint density at radius 2 is 1.88 bits per heavy atom. The summed E-state index contributed by atoms with van der Waals surface area (Å²) in [4.78, 5) is 23.9. The van der Waals surface area contributed by atoms with Crippen LogP contribution in [-0.2, 0) is 38.7 Å². The molecule has 4 aromatic rings. The summed E-state index contributed by atoms with van der Waals surface area (Å²) >= 11 is -1.45. The van der Waals surface area contributed by atoms with Gasteiger partial charge in [-0.1, -0.05) is 24.3 Å². The molecule has 43 heavy (non-hydrogen) atoms. The fourth-order valence-corrected chi connectivity index (χ4v) is 5.32. The van der Waals surface area contributed by atoms with Crippen LogP contribution in [0.3, 0.4) is 0 Å². The second-order valence-electron chi connectivity index (χ2n) is 11.1. The molecule has 0 unspecified atom stereocenters. The zero-order chi connectivity index (χ0) is 31.1. The van der Waals surface area contributed by atoms with Gasteiger partial charge >= 0.3 is 5.97 Å². The molecule has 0 bridgehead atoms. The smallest absolute Gasteiger partial charge is 0.310 e. The van der Waals surface area contributed by atoms with Gasteiger partial charge in [-0.2, -0.15) is 0 Å². The minimum atomic E-state index is -1.45. The molecule has 0 aliphatic carbocycles. The van der Waals surface area contributed by atoms with Gasteiger partial charge in [0, 0.05) is 46.6 Å². The number of amides is 1. The van der Waals surface area contributed by atoms with E-state index < -0.39 is 28.8 Å². The summed E-state index contributed by atoms with van der Waals surface area (Å²) in [5.41, 5.74) is 4.92. The van der Waals surface area contributed by atoms with Gasteiger partial charge in [0.25, 0.3) is 0 Å². The Labute approximate surface area is 254 Å². The van der Waals surface area contributed by atoms with E-state index in [1.165, 1.54) is 6.92 Å². The molecular formula is C33H37FN2O6S. The molecule has 0 aliphatic rings. The molecule has 0 aliphatic heterocycles. The molecule has 0 radical (unpaired) electrons. The van der Waals surface area contributed by atoms with E-state index in [1.54, 1.807) is 37.5 Å². The summed E-state index contributed by atoms with van der Waals surface area (Å²) in [7, 11) is 0. The molecule has 4 rings (SSSR count). The fraction of sp³-hybridized carbons (Fsp3) is 0.333. The molecule has 1 amide bonds. The first-order valence-electron chi connectivity index (χ1n) is 14.0. The minimum absolute atomic E-state index is 0.0199. The van der Waals surface area contributed by atoms with Gasteiger partial charge in [-0.25, -0.2) is 4.39 Å². The number of hydrogen-bond acceptors (Lipinski definition) is 7. The van der Waals surface area contributed by atoms with Crippen molar-refractivity contribution < 1.29 is 32.4 Å². The van der Waals surface area contributed by atoms with E-state index in [2.05, 4.69) is 10.0 Å². The average Bonchev–Trinajstić information content (AvgIpc) is 3.43. The van der Waals surface area contributed by atoms with E-state index >= 15 is 0 Å². The maximum atomic E-state index is 14.1. The third kappa shape index (κ3) is 8.37. The van der Waals surface area contributed by atoms with E-state index in [-0.39, 0.29) is 31.5 Å². The predicted octanol–water partition coefficient (Wildman–Crippen LogP) is 6.81.